The van der Waals surface area contributed by atoms with Gasteiger partial charge >= 0.3 is 0 Å². The van der Waals surface area contributed by atoms with Gasteiger partial charge in [-0.25, -0.2) is 0 Å². The predicted molar refractivity (Wildman–Crippen MR) is 54.5 cm³/mol. The first-order valence-electron chi connectivity index (χ1n) is 5.31. The van der Waals surface area contributed by atoms with Gasteiger partial charge in [0, 0.05) is 19.2 Å². The fourth-order valence-electron chi connectivity index (χ4n) is 1.83. The molecule has 3 heteroatoms. The van der Waals surface area contributed by atoms with E-state index in [-0.39, 0.29) is 12.6 Å². The number of nitrogens with two attached hydrogens (primary N) is 1. The second-order valence-electron chi connectivity index (χ2n) is 4.26. The Hall–Kier alpha value is -0.120. The van der Waals surface area contributed by atoms with Crippen molar-refractivity contribution < 1.29 is 5.11 Å². The smallest absolute Gasteiger partial charge is 0.0446 e. The normalized spacial score (nSPS) is 23.3. The second kappa shape index (κ2) is 5.58. The van der Waals surface area contributed by atoms with Gasteiger partial charge < -0.3 is 15.7 Å². The van der Waals surface area contributed by atoms with E-state index in [1.54, 1.807) is 0 Å². The minimum atomic E-state index is 0.151. The van der Waals surface area contributed by atoms with Crippen LogP contribution in [0.4, 0.5) is 0 Å². The van der Waals surface area contributed by atoms with Crippen molar-refractivity contribution in [2.75, 3.05) is 26.2 Å². The topological polar surface area (TPSA) is 49.5 Å². The molecule has 1 saturated heterocycles. The maximum absolute atomic E-state index is 8.71. The van der Waals surface area contributed by atoms with Crippen molar-refractivity contribution >= 4 is 0 Å². The predicted octanol–water partition coefficient (Wildman–Crippen LogP) is 0.428. The minimum absolute atomic E-state index is 0.151. The van der Waals surface area contributed by atoms with Gasteiger partial charge in [-0.2, -0.15) is 0 Å². The molecule has 0 radical (unpaired) electrons. The molecule has 0 aromatic carbocycles. The molecule has 1 aliphatic rings. The summed E-state index contributed by atoms with van der Waals surface area (Å²) >= 11 is 0. The molecule has 1 rings (SSSR count). The van der Waals surface area contributed by atoms with E-state index in [1.807, 2.05) is 0 Å². The zero-order chi connectivity index (χ0) is 9.68. The zero-order valence-corrected chi connectivity index (χ0v) is 8.58. The molecule has 13 heavy (non-hydrogen) atoms. The Morgan fingerprint density at radius 3 is 2.62 bits per heavy atom. The zero-order valence-electron chi connectivity index (χ0n) is 8.58. The molecule has 0 aromatic rings. The van der Waals surface area contributed by atoms with E-state index in [1.165, 1.54) is 25.9 Å². The molecule has 1 aliphatic heterocycles. The molecule has 1 heterocycles. The fourth-order valence-corrected chi connectivity index (χ4v) is 1.83. The first-order valence-corrected chi connectivity index (χ1v) is 5.31. The van der Waals surface area contributed by atoms with Crippen LogP contribution < -0.4 is 5.73 Å². The summed E-state index contributed by atoms with van der Waals surface area (Å²) in [4.78, 5) is 2.42. The highest BCUT2D eigenvalue weighted by atomic mass is 16.3. The summed E-state index contributed by atoms with van der Waals surface area (Å²) in [6, 6.07) is 0.151. The second-order valence-corrected chi connectivity index (χ2v) is 4.26. The van der Waals surface area contributed by atoms with Crippen LogP contribution in [0.25, 0.3) is 0 Å². The first-order chi connectivity index (χ1) is 6.22. The van der Waals surface area contributed by atoms with Crippen LogP contribution in [-0.2, 0) is 0 Å². The lowest BCUT2D eigenvalue weighted by Gasteiger charge is -2.31. The van der Waals surface area contributed by atoms with Gasteiger partial charge in [0.1, 0.15) is 0 Å². The Morgan fingerprint density at radius 2 is 2.08 bits per heavy atom. The number of likely N-dealkylation sites (tertiary alicyclic amines) is 1. The lowest BCUT2D eigenvalue weighted by molar-refractivity contribution is 0.172. The van der Waals surface area contributed by atoms with Gasteiger partial charge in [0.25, 0.3) is 0 Å². The molecule has 3 nitrogen and oxygen atoms in total. The van der Waals surface area contributed by atoms with Crippen LogP contribution in [0.5, 0.6) is 0 Å². The maximum Gasteiger partial charge on any atom is 0.0446 e. The highest BCUT2D eigenvalue weighted by Crippen LogP contribution is 2.15. The molecular weight excluding hydrogens is 164 g/mol. The van der Waals surface area contributed by atoms with Crippen LogP contribution in [0.3, 0.4) is 0 Å². The number of aliphatic hydroxyl groups excluding tert-OH is 1. The van der Waals surface area contributed by atoms with Crippen molar-refractivity contribution in [3.05, 3.63) is 0 Å². The van der Waals surface area contributed by atoms with E-state index in [2.05, 4.69) is 11.8 Å². The summed E-state index contributed by atoms with van der Waals surface area (Å²) in [6.45, 7) is 5.84. The number of hydrogen-bond acceptors (Lipinski definition) is 3. The molecule has 0 amide bonds. The first kappa shape index (κ1) is 11.0. The SMILES string of the molecule is CC1CCN(CC(N)CCO)CC1. The van der Waals surface area contributed by atoms with E-state index in [9.17, 15) is 0 Å². The molecule has 1 unspecified atom stereocenters. The average molecular weight is 186 g/mol. The molecule has 3 N–H and O–H groups in total. The highest BCUT2D eigenvalue weighted by Gasteiger charge is 2.17. The number of piperidine rings is 1. The van der Waals surface area contributed by atoms with Crippen molar-refractivity contribution in [1.29, 1.82) is 0 Å². The Balaban J connectivity index is 2.14. The van der Waals surface area contributed by atoms with Crippen LogP contribution in [-0.4, -0.2) is 42.3 Å². The summed E-state index contributed by atoms with van der Waals surface area (Å²) in [5.74, 6) is 0.880. The summed E-state index contributed by atoms with van der Waals surface area (Å²) in [5.41, 5.74) is 5.85. The molecular formula is C10H22N2O. The molecule has 0 saturated carbocycles. The molecule has 0 aromatic heterocycles. The van der Waals surface area contributed by atoms with Crippen molar-refractivity contribution in [2.24, 2.45) is 11.7 Å². The molecule has 0 bridgehead atoms. The molecule has 0 spiro atoms. The summed E-state index contributed by atoms with van der Waals surface area (Å²) in [6.07, 6.45) is 3.32. The van der Waals surface area contributed by atoms with Gasteiger partial charge in [-0.15, -0.1) is 0 Å². The third kappa shape index (κ3) is 4.07. The van der Waals surface area contributed by atoms with Gasteiger partial charge in [0.15, 0.2) is 0 Å². The van der Waals surface area contributed by atoms with E-state index in [0.717, 1.165) is 18.9 Å². The summed E-state index contributed by atoms with van der Waals surface area (Å²) in [5, 5.41) is 8.71. The number of hydrogen-bond donors (Lipinski definition) is 2. The van der Waals surface area contributed by atoms with E-state index < -0.39 is 0 Å². The fraction of sp³-hybridized carbons (Fsp3) is 1.00. The lowest BCUT2D eigenvalue weighted by atomic mass is 9.99. The minimum Gasteiger partial charge on any atom is -0.396 e. The van der Waals surface area contributed by atoms with Crippen LogP contribution >= 0.6 is 0 Å². The van der Waals surface area contributed by atoms with Crippen LogP contribution in [0.1, 0.15) is 26.2 Å². The molecule has 78 valence electrons. The van der Waals surface area contributed by atoms with Gasteiger partial charge in [-0.1, -0.05) is 6.92 Å². The molecule has 1 fully saturated rings. The summed E-state index contributed by atoms with van der Waals surface area (Å²) in [7, 11) is 0. The average Bonchev–Trinajstić information content (AvgIpc) is 2.09. The van der Waals surface area contributed by atoms with Gasteiger partial charge in [0.2, 0.25) is 0 Å². The Bertz CT molecular complexity index is 133. The van der Waals surface area contributed by atoms with Crippen LogP contribution in [0.15, 0.2) is 0 Å². The Kier molecular flexibility index (Phi) is 4.70. The van der Waals surface area contributed by atoms with E-state index in [4.69, 9.17) is 10.8 Å². The largest absolute Gasteiger partial charge is 0.396 e. The monoisotopic (exact) mass is 186 g/mol. The summed E-state index contributed by atoms with van der Waals surface area (Å²) < 4.78 is 0. The maximum atomic E-state index is 8.71. The van der Waals surface area contributed by atoms with Crippen molar-refractivity contribution in [1.82, 2.24) is 4.90 Å². The number of rotatable bonds is 4. The molecule has 1 atom stereocenters. The number of nitrogens with zero attached hydrogens (tertiary/aromatic N) is 1. The lowest BCUT2D eigenvalue weighted by Crippen LogP contribution is -2.42. The number of aliphatic hydroxyl groups is 1. The van der Waals surface area contributed by atoms with Gasteiger partial charge in [0.05, 0.1) is 0 Å². The third-order valence-corrected chi connectivity index (χ3v) is 2.87. The molecule has 0 aliphatic carbocycles. The van der Waals surface area contributed by atoms with E-state index >= 15 is 0 Å². The Labute approximate surface area is 80.9 Å². The van der Waals surface area contributed by atoms with E-state index in [0.29, 0.717) is 0 Å². The van der Waals surface area contributed by atoms with Crippen LogP contribution in [0.2, 0.25) is 0 Å². The van der Waals surface area contributed by atoms with Gasteiger partial charge in [-0.3, -0.25) is 0 Å². The van der Waals surface area contributed by atoms with Crippen molar-refractivity contribution in [3.63, 3.8) is 0 Å². The standard InChI is InChI=1S/C10H22N2O/c1-9-2-5-12(6-3-9)8-10(11)4-7-13/h9-10,13H,2-8,11H2,1H3. The van der Waals surface area contributed by atoms with Gasteiger partial charge in [-0.05, 0) is 38.3 Å². The van der Waals surface area contributed by atoms with Crippen molar-refractivity contribution in [3.8, 4) is 0 Å². The Morgan fingerprint density at radius 1 is 1.46 bits per heavy atom. The van der Waals surface area contributed by atoms with Crippen LogP contribution in [0, 0.1) is 5.92 Å². The quantitative estimate of drug-likeness (QED) is 0.669. The third-order valence-electron chi connectivity index (χ3n) is 2.87. The highest BCUT2D eigenvalue weighted by molar-refractivity contribution is 4.73. The van der Waals surface area contributed by atoms with Crippen molar-refractivity contribution in [2.45, 2.75) is 32.2 Å².